The first-order chi connectivity index (χ1) is 9.52. The monoisotopic (exact) mass is 337 g/mol. The molecule has 0 aromatic heterocycles. The molecule has 0 heterocycles. The smallest absolute Gasteiger partial charge is 0.258 e. The van der Waals surface area contributed by atoms with Crippen LogP contribution in [-0.4, -0.2) is 20.1 Å². The van der Waals surface area contributed by atoms with Crippen LogP contribution in [0.25, 0.3) is 0 Å². The van der Waals surface area contributed by atoms with Gasteiger partial charge >= 0.3 is 0 Å². The molecule has 0 radical (unpaired) electrons. The highest BCUT2D eigenvalue weighted by Crippen LogP contribution is 2.26. The third-order valence-corrected chi connectivity index (χ3v) is 3.54. The Morgan fingerprint density at radius 3 is 2.40 bits per heavy atom. The van der Waals surface area contributed by atoms with Crippen molar-refractivity contribution in [2.45, 2.75) is 0 Å². The van der Waals surface area contributed by atoms with Crippen molar-refractivity contribution >= 4 is 27.5 Å². The summed E-state index contributed by atoms with van der Waals surface area (Å²) in [5.74, 6) is 0.146. The zero-order valence-corrected chi connectivity index (χ0v) is 12.6. The number of anilines is 1. The van der Waals surface area contributed by atoms with Crippen LogP contribution >= 0.6 is 15.9 Å². The summed E-state index contributed by atoms with van der Waals surface area (Å²) < 4.78 is 18.7. The lowest BCUT2D eigenvalue weighted by Crippen LogP contribution is -2.26. The van der Waals surface area contributed by atoms with E-state index in [9.17, 15) is 9.18 Å². The molecule has 0 saturated heterocycles. The van der Waals surface area contributed by atoms with Crippen LogP contribution in [0.4, 0.5) is 10.1 Å². The highest BCUT2D eigenvalue weighted by molar-refractivity contribution is 9.10. The highest BCUT2D eigenvalue weighted by atomic mass is 79.9. The van der Waals surface area contributed by atoms with Gasteiger partial charge in [0.25, 0.3) is 5.91 Å². The predicted molar refractivity (Wildman–Crippen MR) is 79.8 cm³/mol. The molecule has 2 rings (SSSR count). The van der Waals surface area contributed by atoms with E-state index in [1.807, 2.05) is 0 Å². The van der Waals surface area contributed by atoms with Gasteiger partial charge < -0.3 is 9.64 Å². The van der Waals surface area contributed by atoms with E-state index in [1.54, 1.807) is 44.5 Å². The van der Waals surface area contributed by atoms with Crippen molar-refractivity contribution in [3.05, 3.63) is 58.3 Å². The van der Waals surface area contributed by atoms with Crippen molar-refractivity contribution in [2.75, 3.05) is 19.1 Å². The van der Waals surface area contributed by atoms with E-state index in [1.165, 1.54) is 17.0 Å². The van der Waals surface area contributed by atoms with Crippen LogP contribution in [0.2, 0.25) is 0 Å². The molecule has 0 aliphatic rings. The fourth-order valence-corrected chi connectivity index (χ4v) is 2.32. The molecular formula is C15H13BrFNO2. The minimum absolute atomic E-state index is 0.181. The maximum absolute atomic E-state index is 12.9. The SMILES string of the molecule is COc1ccc(C(=O)N(C)c2ccc(F)cc2)cc1Br. The van der Waals surface area contributed by atoms with Gasteiger partial charge in [-0.25, -0.2) is 4.39 Å². The molecule has 0 fully saturated rings. The third-order valence-electron chi connectivity index (χ3n) is 2.92. The molecule has 0 N–H and O–H groups in total. The number of hydrogen-bond acceptors (Lipinski definition) is 2. The Labute approximate surface area is 125 Å². The number of ether oxygens (including phenoxy) is 1. The van der Waals surface area contributed by atoms with Crippen LogP contribution in [-0.2, 0) is 0 Å². The second kappa shape index (κ2) is 6.05. The Hall–Kier alpha value is -1.88. The summed E-state index contributed by atoms with van der Waals surface area (Å²) in [5, 5.41) is 0. The molecule has 0 unspecified atom stereocenters. The summed E-state index contributed by atoms with van der Waals surface area (Å²) in [7, 11) is 3.21. The lowest BCUT2D eigenvalue weighted by atomic mass is 10.2. The first kappa shape index (κ1) is 14.5. The molecule has 0 atom stereocenters. The second-order valence-electron chi connectivity index (χ2n) is 4.19. The lowest BCUT2D eigenvalue weighted by Gasteiger charge is -2.17. The largest absolute Gasteiger partial charge is 0.496 e. The molecule has 0 bridgehead atoms. The Bertz CT molecular complexity index is 628. The van der Waals surface area contributed by atoms with Crippen LogP contribution in [0.5, 0.6) is 5.75 Å². The lowest BCUT2D eigenvalue weighted by molar-refractivity contribution is 0.0993. The quantitative estimate of drug-likeness (QED) is 0.850. The van der Waals surface area contributed by atoms with Crippen molar-refractivity contribution < 1.29 is 13.9 Å². The van der Waals surface area contributed by atoms with Gasteiger partial charge in [0.05, 0.1) is 11.6 Å². The predicted octanol–water partition coefficient (Wildman–Crippen LogP) is 3.87. The van der Waals surface area contributed by atoms with E-state index < -0.39 is 0 Å². The maximum Gasteiger partial charge on any atom is 0.258 e. The minimum Gasteiger partial charge on any atom is -0.496 e. The summed E-state index contributed by atoms with van der Waals surface area (Å²) >= 11 is 3.35. The van der Waals surface area contributed by atoms with Gasteiger partial charge in [0.2, 0.25) is 0 Å². The molecular weight excluding hydrogens is 325 g/mol. The van der Waals surface area contributed by atoms with Gasteiger partial charge in [0.1, 0.15) is 11.6 Å². The molecule has 1 amide bonds. The zero-order valence-electron chi connectivity index (χ0n) is 11.1. The van der Waals surface area contributed by atoms with E-state index >= 15 is 0 Å². The van der Waals surface area contributed by atoms with Crippen LogP contribution in [0.15, 0.2) is 46.9 Å². The van der Waals surface area contributed by atoms with Gasteiger partial charge in [-0.2, -0.15) is 0 Å². The number of nitrogens with zero attached hydrogens (tertiary/aromatic N) is 1. The molecule has 104 valence electrons. The maximum atomic E-state index is 12.9. The Morgan fingerprint density at radius 2 is 1.85 bits per heavy atom. The van der Waals surface area contributed by atoms with Gasteiger partial charge in [-0.05, 0) is 58.4 Å². The summed E-state index contributed by atoms with van der Waals surface area (Å²) in [6.07, 6.45) is 0. The van der Waals surface area contributed by atoms with Crippen LogP contribution in [0.3, 0.4) is 0 Å². The summed E-state index contributed by atoms with van der Waals surface area (Å²) in [6.45, 7) is 0. The number of hydrogen-bond donors (Lipinski definition) is 0. The second-order valence-corrected chi connectivity index (χ2v) is 5.04. The fraction of sp³-hybridized carbons (Fsp3) is 0.133. The van der Waals surface area contributed by atoms with E-state index in [4.69, 9.17) is 4.74 Å². The van der Waals surface area contributed by atoms with Crippen molar-refractivity contribution in [1.29, 1.82) is 0 Å². The Balaban J connectivity index is 2.26. The summed E-state index contributed by atoms with van der Waals surface area (Å²) in [4.78, 5) is 13.8. The molecule has 3 nitrogen and oxygen atoms in total. The number of amides is 1. The number of halogens is 2. The minimum atomic E-state index is -0.332. The normalized spacial score (nSPS) is 10.2. The van der Waals surface area contributed by atoms with Crippen molar-refractivity contribution in [1.82, 2.24) is 0 Å². The zero-order chi connectivity index (χ0) is 14.7. The van der Waals surface area contributed by atoms with Crippen LogP contribution in [0.1, 0.15) is 10.4 Å². The summed E-state index contributed by atoms with van der Waals surface area (Å²) in [5.41, 5.74) is 1.15. The third kappa shape index (κ3) is 2.99. The molecule has 20 heavy (non-hydrogen) atoms. The van der Waals surface area contributed by atoms with E-state index in [0.29, 0.717) is 21.5 Å². The van der Waals surface area contributed by atoms with E-state index in [2.05, 4.69) is 15.9 Å². The fourth-order valence-electron chi connectivity index (χ4n) is 1.78. The molecule has 0 aliphatic heterocycles. The Kier molecular flexibility index (Phi) is 4.39. The van der Waals surface area contributed by atoms with Crippen LogP contribution in [0, 0.1) is 5.82 Å². The Morgan fingerprint density at radius 1 is 1.20 bits per heavy atom. The number of carbonyl (C=O) groups excluding carboxylic acids is 1. The molecule has 0 aliphatic carbocycles. The molecule has 2 aromatic rings. The average molecular weight is 338 g/mol. The van der Waals surface area contributed by atoms with Gasteiger partial charge in [0.15, 0.2) is 0 Å². The summed E-state index contributed by atoms with van der Waals surface area (Å²) in [6, 6.07) is 10.9. The van der Waals surface area contributed by atoms with Crippen molar-refractivity contribution in [3.8, 4) is 5.75 Å². The van der Waals surface area contributed by atoms with Gasteiger partial charge in [-0.15, -0.1) is 0 Å². The topological polar surface area (TPSA) is 29.5 Å². The average Bonchev–Trinajstić information content (AvgIpc) is 2.46. The first-order valence-corrected chi connectivity index (χ1v) is 6.69. The van der Waals surface area contributed by atoms with Gasteiger partial charge in [0, 0.05) is 18.3 Å². The number of benzene rings is 2. The standard InChI is InChI=1S/C15H13BrFNO2/c1-18(12-6-4-11(17)5-7-12)15(19)10-3-8-14(20-2)13(16)9-10/h3-9H,1-2H3. The molecule has 2 aromatic carbocycles. The number of rotatable bonds is 3. The number of methoxy groups -OCH3 is 1. The van der Waals surface area contributed by atoms with E-state index in [-0.39, 0.29) is 11.7 Å². The van der Waals surface area contributed by atoms with E-state index in [0.717, 1.165) is 0 Å². The van der Waals surface area contributed by atoms with Crippen LogP contribution < -0.4 is 9.64 Å². The van der Waals surface area contributed by atoms with Gasteiger partial charge in [-0.1, -0.05) is 0 Å². The molecule has 0 saturated carbocycles. The first-order valence-electron chi connectivity index (χ1n) is 5.90. The van der Waals surface area contributed by atoms with Gasteiger partial charge in [-0.3, -0.25) is 4.79 Å². The number of carbonyl (C=O) groups is 1. The van der Waals surface area contributed by atoms with Crippen molar-refractivity contribution in [3.63, 3.8) is 0 Å². The molecule has 5 heteroatoms. The van der Waals surface area contributed by atoms with Crippen molar-refractivity contribution in [2.24, 2.45) is 0 Å². The highest BCUT2D eigenvalue weighted by Gasteiger charge is 2.15. The molecule has 0 spiro atoms.